The van der Waals surface area contributed by atoms with Crippen molar-refractivity contribution in [1.29, 1.82) is 0 Å². The number of ether oxygens (including phenoxy) is 3. The Bertz CT molecular complexity index is 906. The van der Waals surface area contributed by atoms with E-state index in [9.17, 15) is 19.5 Å². The van der Waals surface area contributed by atoms with Gasteiger partial charge in [0.05, 0.1) is 34.4 Å². The van der Waals surface area contributed by atoms with Crippen LogP contribution in [0.4, 0.5) is 0 Å². The molecule has 0 rings (SSSR count). The van der Waals surface area contributed by atoms with Crippen molar-refractivity contribution in [3.8, 4) is 0 Å². The molecule has 0 aromatic heterocycles. The number of likely N-dealkylation sites (N-methyl/N-ethyl adjacent to an activating group) is 1. The number of carbonyl (C=O) groups is 3. The number of unbranched alkanes of at least 4 members (excludes halogenated alkanes) is 14. The van der Waals surface area contributed by atoms with Gasteiger partial charge in [-0.3, -0.25) is 9.59 Å². The van der Waals surface area contributed by atoms with Crippen LogP contribution in [0.3, 0.4) is 0 Å². The zero-order valence-electron chi connectivity index (χ0n) is 32.1. The van der Waals surface area contributed by atoms with Gasteiger partial charge >= 0.3 is 17.9 Å². The van der Waals surface area contributed by atoms with E-state index in [1.165, 1.54) is 38.5 Å². The van der Waals surface area contributed by atoms with Crippen LogP contribution in [-0.4, -0.2) is 80.6 Å². The van der Waals surface area contributed by atoms with E-state index in [1.807, 2.05) is 21.1 Å². The predicted octanol–water partition coefficient (Wildman–Crippen LogP) is 9.91. The van der Waals surface area contributed by atoms with E-state index in [0.717, 1.165) is 83.5 Å². The van der Waals surface area contributed by atoms with Gasteiger partial charge in [0, 0.05) is 19.3 Å². The monoisotopic (exact) mass is 693 g/mol. The van der Waals surface area contributed by atoms with E-state index in [1.54, 1.807) is 0 Å². The van der Waals surface area contributed by atoms with Crippen molar-refractivity contribution in [3.63, 3.8) is 0 Å². The fraction of sp³-hybridized carbons (Fsp3) is 0.780. The second-order valence-corrected chi connectivity index (χ2v) is 14.1. The Morgan fingerprint density at radius 1 is 0.633 bits per heavy atom. The van der Waals surface area contributed by atoms with Crippen LogP contribution in [0.25, 0.3) is 0 Å². The minimum absolute atomic E-state index is 0.0508. The molecule has 0 aliphatic rings. The second-order valence-electron chi connectivity index (χ2n) is 14.1. The lowest BCUT2D eigenvalue weighted by Crippen LogP contribution is -2.50. The quantitative estimate of drug-likeness (QED) is 0.0310. The summed E-state index contributed by atoms with van der Waals surface area (Å²) in [5, 5.41) is 9.58. The van der Waals surface area contributed by atoms with Gasteiger partial charge in [0.15, 0.2) is 12.1 Å². The Kier molecular flexibility index (Phi) is 31.1. The average molecular weight is 693 g/mol. The molecule has 0 fully saturated rings. The number of esters is 2. The first-order valence-electron chi connectivity index (χ1n) is 19.5. The second kappa shape index (κ2) is 32.7. The maximum absolute atomic E-state index is 12.6. The molecular formula is C41H74NO7+. The van der Waals surface area contributed by atoms with Crippen molar-refractivity contribution >= 4 is 17.9 Å². The van der Waals surface area contributed by atoms with Crippen molar-refractivity contribution in [2.45, 2.75) is 167 Å². The molecule has 0 aromatic carbocycles. The Hall–Kier alpha value is -2.45. The first-order chi connectivity index (χ1) is 23.6. The summed E-state index contributed by atoms with van der Waals surface area (Å²) in [6.07, 6.45) is 34.7. The third kappa shape index (κ3) is 31.3. The molecule has 2 atom stereocenters. The molecule has 0 heterocycles. The normalized spacial score (nSPS) is 13.4. The molecule has 2 unspecified atom stereocenters. The van der Waals surface area contributed by atoms with Gasteiger partial charge in [-0.2, -0.15) is 0 Å². The lowest BCUT2D eigenvalue weighted by molar-refractivity contribution is -0.887. The molecule has 0 saturated heterocycles. The zero-order chi connectivity index (χ0) is 36.4. The van der Waals surface area contributed by atoms with Crippen molar-refractivity contribution in [2.24, 2.45) is 0 Å². The van der Waals surface area contributed by atoms with Gasteiger partial charge < -0.3 is 23.8 Å². The van der Waals surface area contributed by atoms with Crippen molar-refractivity contribution in [3.05, 3.63) is 36.5 Å². The van der Waals surface area contributed by atoms with E-state index in [0.29, 0.717) is 19.3 Å². The molecule has 0 amide bonds. The number of carboxylic acid groups (broad SMARTS) is 1. The summed E-state index contributed by atoms with van der Waals surface area (Å²) < 4.78 is 17.2. The van der Waals surface area contributed by atoms with Crippen LogP contribution in [0.15, 0.2) is 36.5 Å². The van der Waals surface area contributed by atoms with Gasteiger partial charge in [0.2, 0.25) is 0 Å². The SMILES string of the molecule is CC/C=C/C/C=C/CCCCCCCC(=O)OCC(COCCC(C(=O)O)[N+](C)(C)C)OC(=O)CCCCC/C=C/CCCCCCCC. The van der Waals surface area contributed by atoms with Crippen LogP contribution in [0.5, 0.6) is 0 Å². The van der Waals surface area contributed by atoms with Gasteiger partial charge in [-0.05, 0) is 64.2 Å². The summed E-state index contributed by atoms with van der Waals surface area (Å²) in [6, 6.07) is -0.617. The Morgan fingerprint density at radius 2 is 1.14 bits per heavy atom. The highest BCUT2D eigenvalue weighted by Crippen LogP contribution is 2.13. The predicted molar refractivity (Wildman–Crippen MR) is 201 cm³/mol. The lowest BCUT2D eigenvalue weighted by Gasteiger charge is -2.31. The molecule has 0 spiro atoms. The van der Waals surface area contributed by atoms with Crippen LogP contribution in [0.2, 0.25) is 0 Å². The number of carbonyl (C=O) groups excluding carboxylic acids is 2. The molecule has 0 bridgehead atoms. The molecule has 8 nitrogen and oxygen atoms in total. The van der Waals surface area contributed by atoms with Gasteiger partial charge in [0.25, 0.3) is 0 Å². The van der Waals surface area contributed by atoms with Gasteiger partial charge in [0.1, 0.15) is 6.61 Å². The van der Waals surface area contributed by atoms with Crippen LogP contribution in [0, 0.1) is 0 Å². The topological polar surface area (TPSA) is 99.1 Å². The largest absolute Gasteiger partial charge is 0.477 e. The Morgan fingerprint density at radius 3 is 1.71 bits per heavy atom. The first-order valence-corrected chi connectivity index (χ1v) is 19.5. The van der Waals surface area contributed by atoms with E-state index >= 15 is 0 Å². The Balaban J connectivity index is 4.46. The summed E-state index contributed by atoms with van der Waals surface area (Å²) in [6.45, 7) is 4.57. The molecule has 0 aliphatic heterocycles. The van der Waals surface area contributed by atoms with Gasteiger partial charge in [-0.1, -0.05) is 108 Å². The summed E-state index contributed by atoms with van der Waals surface area (Å²) in [5.41, 5.74) is 0. The Labute approximate surface area is 300 Å². The van der Waals surface area contributed by atoms with Crippen LogP contribution < -0.4 is 0 Å². The minimum Gasteiger partial charge on any atom is -0.477 e. The molecular weight excluding hydrogens is 618 g/mol. The fourth-order valence-electron chi connectivity index (χ4n) is 5.47. The van der Waals surface area contributed by atoms with Crippen molar-refractivity contribution < 1.29 is 38.2 Å². The summed E-state index contributed by atoms with van der Waals surface area (Å²) in [4.78, 5) is 36.8. The standard InChI is InChI=1S/C41H73NO7/c1-6-8-10-12-14-16-18-20-22-24-26-28-30-32-40(44)49-37(35-47-34-33-38(41(45)46)42(3,4)5)36-48-39(43)31-29-27-25-23-21-19-17-15-13-11-9-7-2/h9,11,15,17,20,22,37-38H,6-8,10,12-14,16,18-19,21,23-36H2,1-5H3/p+1/b11-9+,17-15+,22-20+. The maximum atomic E-state index is 12.6. The molecule has 0 radical (unpaired) electrons. The average Bonchev–Trinajstić information content (AvgIpc) is 3.05. The van der Waals surface area contributed by atoms with E-state index < -0.39 is 18.1 Å². The van der Waals surface area contributed by atoms with Gasteiger partial charge in [-0.15, -0.1) is 0 Å². The van der Waals surface area contributed by atoms with Gasteiger partial charge in [-0.25, -0.2) is 4.79 Å². The highest BCUT2D eigenvalue weighted by atomic mass is 16.6. The highest BCUT2D eigenvalue weighted by molar-refractivity contribution is 5.72. The van der Waals surface area contributed by atoms with E-state index in [4.69, 9.17) is 14.2 Å². The van der Waals surface area contributed by atoms with Crippen molar-refractivity contribution in [2.75, 3.05) is 41.0 Å². The number of rotatable bonds is 34. The molecule has 49 heavy (non-hydrogen) atoms. The lowest BCUT2D eigenvalue weighted by atomic mass is 10.1. The number of hydrogen-bond acceptors (Lipinski definition) is 6. The van der Waals surface area contributed by atoms with Crippen molar-refractivity contribution in [1.82, 2.24) is 0 Å². The highest BCUT2D eigenvalue weighted by Gasteiger charge is 2.31. The molecule has 1 N–H and O–H groups in total. The number of allylic oxidation sites excluding steroid dienone is 6. The molecule has 0 aliphatic carbocycles. The summed E-state index contributed by atoms with van der Waals surface area (Å²) in [5.74, 6) is -1.51. The molecule has 0 aromatic rings. The number of hydrogen-bond donors (Lipinski definition) is 1. The van der Waals surface area contributed by atoms with Crippen LogP contribution >= 0.6 is 0 Å². The van der Waals surface area contributed by atoms with Crippen LogP contribution in [0.1, 0.15) is 155 Å². The third-order valence-electron chi connectivity index (χ3n) is 8.52. The smallest absolute Gasteiger partial charge is 0.362 e. The number of nitrogens with zero attached hydrogens (tertiary/aromatic N) is 1. The third-order valence-corrected chi connectivity index (χ3v) is 8.52. The minimum atomic E-state index is -0.881. The molecule has 0 saturated carbocycles. The van der Waals surface area contributed by atoms with E-state index in [-0.39, 0.29) is 36.2 Å². The van der Waals surface area contributed by atoms with Crippen LogP contribution in [-0.2, 0) is 28.6 Å². The first kappa shape index (κ1) is 46.5. The number of carboxylic acids is 1. The summed E-state index contributed by atoms with van der Waals surface area (Å²) >= 11 is 0. The number of aliphatic carboxylic acids is 1. The van der Waals surface area contributed by atoms with E-state index in [2.05, 4.69) is 50.3 Å². The number of quaternary nitrogens is 1. The fourth-order valence-corrected chi connectivity index (χ4v) is 5.47. The molecule has 8 heteroatoms. The zero-order valence-corrected chi connectivity index (χ0v) is 32.1. The molecule has 284 valence electrons. The summed E-state index contributed by atoms with van der Waals surface area (Å²) in [7, 11) is 5.50. The maximum Gasteiger partial charge on any atom is 0.362 e.